The zero-order valence-electron chi connectivity index (χ0n) is 14.8. The Bertz CT molecular complexity index is 917. The molecular weight excluding hydrogens is 353 g/mol. The molecule has 1 atom stereocenters. The zero-order valence-corrected chi connectivity index (χ0v) is 14.8. The fraction of sp³-hybridized carbons (Fsp3) is 0.211. The van der Waals surface area contributed by atoms with Gasteiger partial charge in [0, 0.05) is 5.56 Å². The molecule has 0 radical (unpaired) electrons. The van der Waals surface area contributed by atoms with E-state index in [1.54, 1.807) is 37.3 Å². The number of imide groups is 1. The average Bonchev–Trinajstić information content (AvgIpc) is 2.87. The molecule has 27 heavy (non-hydrogen) atoms. The lowest BCUT2D eigenvalue weighted by molar-refractivity contribution is -0.133. The van der Waals surface area contributed by atoms with E-state index in [4.69, 9.17) is 4.74 Å². The highest BCUT2D eigenvalue weighted by atomic mass is 19.1. The summed E-state index contributed by atoms with van der Waals surface area (Å²) in [4.78, 5) is 38.2. The molecule has 0 saturated carbocycles. The molecule has 3 rings (SSSR count). The van der Waals surface area contributed by atoms with Crippen molar-refractivity contribution in [1.29, 1.82) is 0 Å². The van der Waals surface area contributed by atoms with Crippen molar-refractivity contribution < 1.29 is 23.5 Å². The molecule has 8 heteroatoms. The van der Waals surface area contributed by atoms with Gasteiger partial charge in [0.05, 0.1) is 12.8 Å². The largest absolute Gasteiger partial charge is 0.496 e. The van der Waals surface area contributed by atoms with Crippen molar-refractivity contribution in [2.24, 2.45) is 0 Å². The number of nitrogens with one attached hydrogen (secondary N) is 2. The number of urea groups is 1. The van der Waals surface area contributed by atoms with E-state index in [1.807, 2.05) is 0 Å². The van der Waals surface area contributed by atoms with Crippen LogP contribution in [-0.2, 0) is 15.1 Å². The summed E-state index contributed by atoms with van der Waals surface area (Å²) in [5.41, 5.74) is -0.924. The number of carbonyl (C=O) groups is 3. The summed E-state index contributed by atoms with van der Waals surface area (Å²) in [5.74, 6) is -1.46. The minimum atomic E-state index is -1.37. The minimum Gasteiger partial charge on any atom is -0.496 e. The van der Waals surface area contributed by atoms with E-state index < -0.39 is 35.7 Å². The van der Waals surface area contributed by atoms with Gasteiger partial charge in [-0.3, -0.25) is 14.5 Å². The van der Waals surface area contributed by atoms with E-state index in [2.05, 4.69) is 10.6 Å². The van der Waals surface area contributed by atoms with Gasteiger partial charge in [0.15, 0.2) is 0 Å². The molecule has 1 fully saturated rings. The van der Waals surface area contributed by atoms with E-state index in [1.165, 1.54) is 25.3 Å². The number of para-hydroxylation sites is 2. The molecule has 1 aliphatic rings. The third-order valence-electron chi connectivity index (χ3n) is 4.37. The maximum Gasteiger partial charge on any atom is 0.325 e. The van der Waals surface area contributed by atoms with E-state index in [0.29, 0.717) is 11.3 Å². The average molecular weight is 371 g/mol. The molecule has 1 saturated heterocycles. The Kier molecular flexibility index (Phi) is 4.81. The van der Waals surface area contributed by atoms with Gasteiger partial charge in [0.1, 0.15) is 23.7 Å². The Morgan fingerprint density at radius 3 is 2.56 bits per heavy atom. The number of hydrogen-bond acceptors (Lipinski definition) is 4. The first-order chi connectivity index (χ1) is 12.9. The molecule has 0 unspecified atom stereocenters. The van der Waals surface area contributed by atoms with Crippen LogP contribution in [0.3, 0.4) is 0 Å². The van der Waals surface area contributed by atoms with Crippen LogP contribution in [0.25, 0.3) is 0 Å². The summed E-state index contributed by atoms with van der Waals surface area (Å²) in [5, 5.41) is 4.96. The second-order valence-electron chi connectivity index (χ2n) is 6.17. The lowest BCUT2D eigenvalue weighted by Gasteiger charge is -2.24. The first kappa shape index (κ1) is 18.4. The molecular formula is C19H18FN3O4. The highest BCUT2D eigenvalue weighted by Crippen LogP contribution is 2.34. The third-order valence-corrected chi connectivity index (χ3v) is 4.37. The number of halogens is 1. The van der Waals surface area contributed by atoms with E-state index in [0.717, 1.165) is 4.90 Å². The Labute approximate surface area is 155 Å². The van der Waals surface area contributed by atoms with Crippen molar-refractivity contribution in [2.75, 3.05) is 19.0 Å². The van der Waals surface area contributed by atoms with Crippen LogP contribution < -0.4 is 15.4 Å². The van der Waals surface area contributed by atoms with Gasteiger partial charge in [-0.1, -0.05) is 30.3 Å². The van der Waals surface area contributed by atoms with Crippen LogP contribution in [0.5, 0.6) is 5.75 Å². The van der Waals surface area contributed by atoms with Gasteiger partial charge in [-0.2, -0.15) is 0 Å². The molecule has 1 aliphatic heterocycles. The monoisotopic (exact) mass is 371 g/mol. The van der Waals surface area contributed by atoms with Gasteiger partial charge in [-0.15, -0.1) is 0 Å². The SMILES string of the molecule is COc1ccccc1[C@@]1(C)NC(=O)N(CC(=O)Nc2ccccc2F)C1=O. The highest BCUT2D eigenvalue weighted by Gasteiger charge is 2.50. The number of hydrogen-bond donors (Lipinski definition) is 2. The molecule has 2 N–H and O–H groups in total. The molecule has 0 aliphatic carbocycles. The second-order valence-corrected chi connectivity index (χ2v) is 6.17. The fourth-order valence-electron chi connectivity index (χ4n) is 2.98. The first-order valence-electron chi connectivity index (χ1n) is 8.19. The number of nitrogens with zero attached hydrogens (tertiary/aromatic N) is 1. The maximum absolute atomic E-state index is 13.7. The molecule has 0 aromatic heterocycles. The Morgan fingerprint density at radius 1 is 1.19 bits per heavy atom. The summed E-state index contributed by atoms with van der Waals surface area (Å²) >= 11 is 0. The molecule has 2 aromatic carbocycles. The first-order valence-corrected chi connectivity index (χ1v) is 8.19. The van der Waals surface area contributed by atoms with Gasteiger partial charge in [-0.05, 0) is 25.1 Å². The van der Waals surface area contributed by atoms with Crippen molar-refractivity contribution in [1.82, 2.24) is 10.2 Å². The quantitative estimate of drug-likeness (QED) is 0.789. The maximum atomic E-state index is 13.7. The van der Waals surface area contributed by atoms with Crippen molar-refractivity contribution in [3.63, 3.8) is 0 Å². The van der Waals surface area contributed by atoms with Crippen LogP contribution in [0.2, 0.25) is 0 Å². The fourth-order valence-corrected chi connectivity index (χ4v) is 2.98. The second kappa shape index (κ2) is 7.06. The normalized spacial score (nSPS) is 19.0. The van der Waals surface area contributed by atoms with Crippen molar-refractivity contribution in [3.05, 3.63) is 59.9 Å². The van der Waals surface area contributed by atoms with Crippen LogP contribution in [-0.4, -0.2) is 36.4 Å². The molecule has 140 valence electrons. The standard InChI is InChI=1S/C19H18FN3O4/c1-19(12-7-3-6-10-15(12)27-2)17(25)23(18(26)22-19)11-16(24)21-14-9-5-4-8-13(14)20/h3-10H,11H2,1-2H3,(H,21,24)(H,22,26)/t19-/m1/s1. The smallest absolute Gasteiger partial charge is 0.325 e. The Balaban J connectivity index is 1.80. The van der Waals surface area contributed by atoms with E-state index in [-0.39, 0.29) is 5.69 Å². The molecule has 1 heterocycles. The van der Waals surface area contributed by atoms with E-state index >= 15 is 0 Å². The molecule has 2 aromatic rings. The summed E-state index contributed by atoms with van der Waals surface area (Å²) in [7, 11) is 1.46. The van der Waals surface area contributed by atoms with Crippen LogP contribution in [0, 0.1) is 5.82 Å². The van der Waals surface area contributed by atoms with Crippen LogP contribution >= 0.6 is 0 Å². The molecule has 7 nitrogen and oxygen atoms in total. The third kappa shape index (κ3) is 3.33. The predicted octanol–water partition coefficient (Wildman–Crippen LogP) is 2.24. The number of carbonyl (C=O) groups excluding carboxylic acids is 3. The number of methoxy groups -OCH3 is 1. The van der Waals surface area contributed by atoms with Crippen molar-refractivity contribution >= 4 is 23.5 Å². The zero-order chi connectivity index (χ0) is 19.6. The number of rotatable bonds is 5. The van der Waals surface area contributed by atoms with Gasteiger partial charge >= 0.3 is 6.03 Å². The van der Waals surface area contributed by atoms with Crippen LogP contribution in [0.15, 0.2) is 48.5 Å². The molecule has 4 amide bonds. The van der Waals surface area contributed by atoms with Gasteiger partial charge < -0.3 is 15.4 Å². The van der Waals surface area contributed by atoms with E-state index in [9.17, 15) is 18.8 Å². The Morgan fingerprint density at radius 2 is 1.85 bits per heavy atom. The summed E-state index contributed by atoms with van der Waals surface area (Å²) in [6, 6.07) is 11.7. The number of benzene rings is 2. The lowest BCUT2D eigenvalue weighted by atomic mass is 9.91. The van der Waals surface area contributed by atoms with Gasteiger partial charge in [-0.25, -0.2) is 9.18 Å². The number of anilines is 1. The van der Waals surface area contributed by atoms with Gasteiger partial charge in [0.2, 0.25) is 5.91 Å². The summed E-state index contributed by atoms with van der Waals surface area (Å²) < 4.78 is 18.9. The van der Waals surface area contributed by atoms with Crippen molar-refractivity contribution in [3.8, 4) is 5.75 Å². The Hall–Kier alpha value is -3.42. The molecule has 0 spiro atoms. The number of amides is 4. The number of ether oxygens (including phenoxy) is 1. The minimum absolute atomic E-state index is 0.0259. The van der Waals surface area contributed by atoms with Gasteiger partial charge in [0.25, 0.3) is 5.91 Å². The molecule has 0 bridgehead atoms. The van der Waals surface area contributed by atoms with Crippen molar-refractivity contribution in [2.45, 2.75) is 12.5 Å². The lowest BCUT2D eigenvalue weighted by Crippen LogP contribution is -2.42. The summed E-state index contributed by atoms with van der Waals surface area (Å²) in [6.45, 7) is 1.00. The topological polar surface area (TPSA) is 87.7 Å². The summed E-state index contributed by atoms with van der Waals surface area (Å²) in [6.07, 6.45) is 0. The highest BCUT2D eigenvalue weighted by molar-refractivity contribution is 6.10. The predicted molar refractivity (Wildman–Crippen MR) is 95.6 cm³/mol. The van der Waals surface area contributed by atoms with Crippen LogP contribution in [0.4, 0.5) is 14.9 Å². The van der Waals surface area contributed by atoms with Crippen LogP contribution in [0.1, 0.15) is 12.5 Å².